The zero-order valence-electron chi connectivity index (χ0n) is 14.5. The molecule has 2 aliphatic heterocycles. The number of aliphatic hydroxyl groups is 1. The fourth-order valence-electron chi connectivity index (χ4n) is 3.17. The van der Waals surface area contributed by atoms with Crippen molar-refractivity contribution in [2.45, 2.75) is 95.1 Å². The van der Waals surface area contributed by atoms with Gasteiger partial charge < -0.3 is 19.3 Å². The van der Waals surface area contributed by atoms with Crippen LogP contribution in [0, 0.1) is 0 Å². The Hall–Kier alpha value is 0.480. The number of hydrogen-bond acceptors (Lipinski definition) is 5. The minimum atomic E-state index is -0.657. The van der Waals surface area contributed by atoms with Crippen LogP contribution in [-0.2, 0) is 14.2 Å². The summed E-state index contributed by atoms with van der Waals surface area (Å²) >= 11 is 7.96. The van der Waals surface area contributed by atoms with Gasteiger partial charge in [-0.05, 0) is 26.0 Å². The summed E-state index contributed by atoms with van der Waals surface area (Å²) in [5, 5.41) is 10.4. The molecular formula is C17H31ClO4S. The molecule has 23 heavy (non-hydrogen) atoms. The normalized spacial score (nSPS) is 33.8. The fourth-order valence-corrected chi connectivity index (χ4v) is 4.49. The maximum atomic E-state index is 10.4. The zero-order chi connectivity index (χ0) is 16.9. The molecule has 0 aromatic heterocycles. The Morgan fingerprint density at radius 3 is 2.48 bits per heavy atom. The molecule has 1 N–H and O–H groups in total. The van der Waals surface area contributed by atoms with Gasteiger partial charge in [-0.3, -0.25) is 0 Å². The molecule has 2 fully saturated rings. The van der Waals surface area contributed by atoms with Crippen LogP contribution in [0.3, 0.4) is 0 Å². The lowest BCUT2D eigenvalue weighted by atomic mass is 10.1. The third kappa shape index (κ3) is 5.75. The average molecular weight is 367 g/mol. The van der Waals surface area contributed by atoms with E-state index in [2.05, 4.69) is 6.92 Å². The van der Waals surface area contributed by atoms with Gasteiger partial charge in [0, 0.05) is 5.75 Å². The van der Waals surface area contributed by atoms with Gasteiger partial charge in [-0.15, -0.1) is 0 Å². The minimum absolute atomic E-state index is 0.280. The van der Waals surface area contributed by atoms with Crippen molar-refractivity contribution in [2.24, 2.45) is 0 Å². The van der Waals surface area contributed by atoms with Crippen molar-refractivity contribution in [1.82, 2.24) is 0 Å². The summed E-state index contributed by atoms with van der Waals surface area (Å²) < 4.78 is 17.3. The third-order valence-electron chi connectivity index (χ3n) is 4.34. The molecule has 2 heterocycles. The fraction of sp³-hybridized carbons (Fsp3) is 1.00. The van der Waals surface area contributed by atoms with Crippen LogP contribution >= 0.6 is 23.4 Å². The van der Waals surface area contributed by atoms with Crippen molar-refractivity contribution in [2.75, 3.05) is 11.5 Å². The van der Waals surface area contributed by atoms with Crippen molar-refractivity contribution < 1.29 is 19.3 Å². The molecule has 0 bridgehead atoms. The van der Waals surface area contributed by atoms with Gasteiger partial charge in [0.05, 0.1) is 6.10 Å². The van der Waals surface area contributed by atoms with Gasteiger partial charge in [-0.1, -0.05) is 50.6 Å². The monoisotopic (exact) mass is 366 g/mol. The maximum Gasteiger partial charge on any atom is 0.164 e. The number of thioether (sulfide) groups is 1. The SMILES string of the molecule is CCCCCCCCSC[C@@H](O)[C@H]1O[C@H](Cl)[C@H]2OC(C)(C)O[C@@H]12. The van der Waals surface area contributed by atoms with E-state index in [9.17, 15) is 5.11 Å². The summed E-state index contributed by atoms with van der Waals surface area (Å²) in [5.41, 5.74) is -0.551. The van der Waals surface area contributed by atoms with Crippen LogP contribution in [0.4, 0.5) is 0 Å². The Morgan fingerprint density at radius 1 is 1.09 bits per heavy atom. The Kier molecular flexibility index (Phi) is 7.97. The van der Waals surface area contributed by atoms with E-state index in [1.807, 2.05) is 13.8 Å². The molecule has 0 aromatic rings. The highest BCUT2D eigenvalue weighted by Crippen LogP contribution is 2.41. The first kappa shape index (κ1) is 19.8. The third-order valence-corrected chi connectivity index (χ3v) is 5.85. The lowest BCUT2D eigenvalue weighted by molar-refractivity contribution is -0.187. The topological polar surface area (TPSA) is 47.9 Å². The molecule has 0 amide bonds. The van der Waals surface area contributed by atoms with E-state index in [-0.39, 0.29) is 12.2 Å². The van der Waals surface area contributed by atoms with Crippen molar-refractivity contribution in [1.29, 1.82) is 0 Å². The van der Waals surface area contributed by atoms with Crippen LogP contribution in [0.5, 0.6) is 0 Å². The first-order valence-electron chi connectivity index (χ1n) is 8.85. The van der Waals surface area contributed by atoms with Crippen LogP contribution in [-0.4, -0.2) is 52.4 Å². The predicted molar refractivity (Wildman–Crippen MR) is 95.0 cm³/mol. The van der Waals surface area contributed by atoms with Gasteiger partial charge in [0.1, 0.15) is 18.3 Å². The lowest BCUT2D eigenvalue weighted by Crippen LogP contribution is -2.39. The summed E-state index contributed by atoms with van der Waals surface area (Å²) in [4.78, 5) is 0. The summed E-state index contributed by atoms with van der Waals surface area (Å²) in [7, 11) is 0. The van der Waals surface area contributed by atoms with Gasteiger partial charge in [0.15, 0.2) is 11.4 Å². The van der Waals surface area contributed by atoms with Crippen LogP contribution in [0.2, 0.25) is 0 Å². The number of rotatable bonds is 10. The highest BCUT2D eigenvalue weighted by atomic mass is 35.5. The van der Waals surface area contributed by atoms with Crippen LogP contribution in [0.15, 0.2) is 0 Å². The molecule has 136 valence electrons. The van der Waals surface area contributed by atoms with Crippen LogP contribution in [0.25, 0.3) is 0 Å². The van der Waals surface area contributed by atoms with E-state index in [0.29, 0.717) is 5.75 Å². The Bertz CT molecular complexity index is 355. The molecule has 0 spiro atoms. The first-order chi connectivity index (χ1) is 10.9. The Balaban J connectivity index is 1.63. The second-order valence-corrected chi connectivity index (χ2v) is 8.51. The zero-order valence-corrected chi connectivity index (χ0v) is 16.1. The van der Waals surface area contributed by atoms with E-state index in [1.54, 1.807) is 11.8 Å². The first-order valence-corrected chi connectivity index (χ1v) is 10.4. The van der Waals surface area contributed by atoms with Gasteiger partial charge >= 0.3 is 0 Å². The van der Waals surface area contributed by atoms with Gasteiger partial charge in [0.2, 0.25) is 0 Å². The standard InChI is InChI=1S/C17H31ClO4S/c1-4-5-6-7-8-9-10-23-11-12(19)13-14-15(16(18)20-13)22-17(2,3)21-14/h12-16,19H,4-11H2,1-3H3/t12-,13-,14+,15+,16+/m1/s1. The molecule has 6 heteroatoms. The highest BCUT2D eigenvalue weighted by molar-refractivity contribution is 7.99. The number of hydrogen-bond donors (Lipinski definition) is 1. The molecule has 0 aliphatic carbocycles. The summed E-state index contributed by atoms with van der Waals surface area (Å²) in [6, 6.07) is 0. The molecule has 0 unspecified atom stereocenters. The van der Waals surface area contributed by atoms with Crippen molar-refractivity contribution >= 4 is 23.4 Å². The average Bonchev–Trinajstić information content (AvgIpc) is 2.96. The van der Waals surface area contributed by atoms with E-state index < -0.39 is 23.6 Å². The number of unbranched alkanes of at least 4 members (excludes halogenated alkanes) is 5. The number of alkyl halides is 1. The molecule has 2 rings (SSSR count). The summed E-state index contributed by atoms with van der Waals surface area (Å²) in [6.07, 6.45) is 6.22. The van der Waals surface area contributed by atoms with E-state index in [0.717, 1.165) is 5.75 Å². The second-order valence-electron chi connectivity index (χ2n) is 6.93. The molecule has 5 atom stereocenters. The number of aliphatic hydroxyl groups excluding tert-OH is 1. The van der Waals surface area contributed by atoms with Gasteiger partial charge in [0.25, 0.3) is 0 Å². The predicted octanol–water partition coefficient (Wildman–Crippen LogP) is 3.92. The second kappa shape index (κ2) is 9.25. The van der Waals surface area contributed by atoms with E-state index >= 15 is 0 Å². The smallest absolute Gasteiger partial charge is 0.164 e. The number of halogens is 1. The van der Waals surface area contributed by atoms with Crippen molar-refractivity contribution in [3.05, 3.63) is 0 Å². The Labute approximate surface area is 149 Å². The number of ether oxygens (including phenoxy) is 3. The largest absolute Gasteiger partial charge is 0.389 e. The molecule has 0 radical (unpaired) electrons. The molecular weight excluding hydrogens is 336 g/mol. The molecule has 2 saturated heterocycles. The number of fused-ring (bicyclic) bond motifs is 1. The van der Waals surface area contributed by atoms with Gasteiger partial charge in [-0.25, -0.2) is 0 Å². The maximum absolute atomic E-state index is 10.4. The Morgan fingerprint density at radius 2 is 1.74 bits per heavy atom. The summed E-state index contributed by atoms with van der Waals surface area (Å²) in [6.45, 7) is 5.97. The molecule has 0 aromatic carbocycles. The minimum Gasteiger partial charge on any atom is -0.389 e. The highest BCUT2D eigenvalue weighted by Gasteiger charge is 2.56. The van der Waals surface area contributed by atoms with Gasteiger partial charge in [-0.2, -0.15) is 11.8 Å². The molecule has 4 nitrogen and oxygen atoms in total. The van der Waals surface area contributed by atoms with Crippen LogP contribution < -0.4 is 0 Å². The van der Waals surface area contributed by atoms with E-state index in [4.69, 9.17) is 25.8 Å². The van der Waals surface area contributed by atoms with Crippen LogP contribution in [0.1, 0.15) is 59.3 Å². The van der Waals surface area contributed by atoms with E-state index in [1.165, 1.54) is 38.5 Å². The summed E-state index contributed by atoms with van der Waals surface area (Å²) in [5.74, 6) is 1.07. The quantitative estimate of drug-likeness (QED) is 0.469. The molecule has 2 aliphatic rings. The van der Waals surface area contributed by atoms with Crippen molar-refractivity contribution in [3.63, 3.8) is 0 Å². The molecule has 0 saturated carbocycles. The van der Waals surface area contributed by atoms with Crippen molar-refractivity contribution in [3.8, 4) is 0 Å². The lowest BCUT2D eigenvalue weighted by Gasteiger charge is -2.25.